The maximum absolute atomic E-state index is 12.4. The topological polar surface area (TPSA) is 80.3 Å². The number of para-hydroxylation sites is 1. The van der Waals surface area contributed by atoms with E-state index in [4.69, 9.17) is 23.7 Å². The van der Waals surface area contributed by atoms with Crippen LogP contribution in [0, 0.1) is 6.92 Å². The molecule has 3 aromatic carbocycles. The van der Waals surface area contributed by atoms with Crippen molar-refractivity contribution < 1.29 is 33.3 Å². The van der Waals surface area contributed by atoms with E-state index in [1.165, 1.54) is 0 Å². The second kappa shape index (κ2) is 13.4. The van der Waals surface area contributed by atoms with E-state index in [9.17, 15) is 9.59 Å². The average Bonchev–Trinajstić information content (AvgIpc) is 2.88. The smallest absolute Gasteiger partial charge is 0.343 e. The maximum Gasteiger partial charge on any atom is 0.343 e. The molecule has 0 saturated carbocycles. The molecule has 0 atom stereocenters. The van der Waals surface area contributed by atoms with Gasteiger partial charge in [-0.15, -0.1) is 0 Å². The zero-order chi connectivity index (χ0) is 24.9. The number of aryl methyl sites for hydroxylation is 1. The van der Waals surface area contributed by atoms with Crippen molar-refractivity contribution in [3.63, 3.8) is 0 Å². The van der Waals surface area contributed by atoms with Gasteiger partial charge in [-0.3, -0.25) is 0 Å². The van der Waals surface area contributed by atoms with Gasteiger partial charge in [0.2, 0.25) is 6.79 Å². The molecule has 0 heterocycles. The van der Waals surface area contributed by atoms with Crippen molar-refractivity contribution in [2.75, 3.05) is 20.0 Å². The lowest BCUT2D eigenvalue weighted by Crippen LogP contribution is -2.09. The third kappa shape index (κ3) is 8.55. The fourth-order valence-corrected chi connectivity index (χ4v) is 2.96. The summed E-state index contributed by atoms with van der Waals surface area (Å²) in [7, 11) is 0. The van der Waals surface area contributed by atoms with E-state index in [0.29, 0.717) is 42.4 Å². The van der Waals surface area contributed by atoms with Crippen LogP contribution in [0.15, 0.2) is 85.5 Å². The fourth-order valence-electron chi connectivity index (χ4n) is 2.96. The Morgan fingerprint density at radius 3 is 2.11 bits per heavy atom. The summed E-state index contributed by atoms with van der Waals surface area (Å²) in [6.45, 7) is 6.18. The largest absolute Gasteiger partial charge is 0.494 e. The Kier molecular flexibility index (Phi) is 9.75. The van der Waals surface area contributed by atoms with Crippen LogP contribution in [0.2, 0.25) is 0 Å². The zero-order valence-electron chi connectivity index (χ0n) is 19.6. The Balaban J connectivity index is 1.38. The first-order valence-electron chi connectivity index (χ1n) is 11.2. The first-order chi connectivity index (χ1) is 17.0. The van der Waals surface area contributed by atoms with E-state index in [0.717, 1.165) is 23.8 Å². The molecule has 3 aromatic rings. The molecule has 0 fully saturated rings. The summed E-state index contributed by atoms with van der Waals surface area (Å²) in [5.41, 5.74) is 1.43. The van der Waals surface area contributed by atoms with Crippen LogP contribution in [-0.4, -0.2) is 31.9 Å². The highest BCUT2D eigenvalue weighted by atomic mass is 16.7. The van der Waals surface area contributed by atoms with Crippen molar-refractivity contribution in [3.05, 3.63) is 96.6 Å². The number of hydrogen-bond acceptors (Lipinski definition) is 7. The molecule has 0 N–H and O–H groups in total. The zero-order valence-corrected chi connectivity index (χ0v) is 19.6. The van der Waals surface area contributed by atoms with Crippen molar-refractivity contribution in [3.8, 4) is 23.0 Å². The number of carbonyl (C=O) groups is 2. The first kappa shape index (κ1) is 25.4. The molecule has 3 rings (SSSR count). The molecular formula is C28H28O7. The summed E-state index contributed by atoms with van der Waals surface area (Å²) in [6.07, 6.45) is 2.55. The number of ether oxygens (including phenoxy) is 5. The summed E-state index contributed by atoms with van der Waals surface area (Å²) in [6, 6.07) is 21.1. The van der Waals surface area contributed by atoms with Crippen molar-refractivity contribution >= 4 is 11.9 Å². The van der Waals surface area contributed by atoms with Gasteiger partial charge in [0, 0.05) is 6.08 Å². The number of rotatable bonds is 13. The molecule has 182 valence electrons. The van der Waals surface area contributed by atoms with Gasteiger partial charge < -0.3 is 23.7 Å². The standard InChI is InChI=1S/C28H28O7/c1-3-27(29)32-19-7-6-18-31-23-12-10-22(11-13-23)28(30)35-25-16-14-24(15-17-25)33-20-34-26-9-5-4-8-21(26)2/h3-5,8-17H,1,6-7,18-20H2,2H3. The summed E-state index contributed by atoms with van der Waals surface area (Å²) in [5.74, 6) is 1.50. The summed E-state index contributed by atoms with van der Waals surface area (Å²) in [5, 5.41) is 0. The molecule has 35 heavy (non-hydrogen) atoms. The van der Waals surface area contributed by atoms with Gasteiger partial charge in [-0.2, -0.15) is 0 Å². The third-order valence-corrected chi connectivity index (χ3v) is 4.88. The van der Waals surface area contributed by atoms with Crippen LogP contribution in [0.5, 0.6) is 23.0 Å². The minimum absolute atomic E-state index is 0.0706. The quantitative estimate of drug-likeness (QED) is 0.106. The predicted octanol–water partition coefficient (Wildman–Crippen LogP) is 5.52. The lowest BCUT2D eigenvalue weighted by molar-refractivity contribution is -0.137. The van der Waals surface area contributed by atoms with E-state index in [1.807, 2.05) is 31.2 Å². The molecule has 0 spiro atoms. The number of carbonyl (C=O) groups excluding carboxylic acids is 2. The Morgan fingerprint density at radius 1 is 0.771 bits per heavy atom. The molecule has 7 nitrogen and oxygen atoms in total. The predicted molar refractivity (Wildman–Crippen MR) is 131 cm³/mol. The number of unbranched alkanes of at least 4 members (excludes halogenated alkanes) is 1. The first-order valence-corrected chi connectivity index (χ1v) is 11.2. The van der Waals surface area contributed by atoms with Crippen LogP contribution in [0.3, 0.4) is 0 Å². The Bertz CT molecular complexity index is 1100. The van der Waals surface area contributed by atoms with Gasteiger partial charge in [0.15, 0.2) is 0 Å². The molecule has 0 amide bonds. The van der Waals surface area contributed by atoms with Crippen molar-refractivity contribution in [2.24, 2.45) is 0 Å². The Morgan fingerprint density at radius 2 is 1.40 bits per heavy atom. The second-order valence-electron chi connectivity index (χ2n) is 7.48. The van der Waals surface area contributed by atoms with E-state index in [1.54, 1.807) is 48.5 Å². The lowest BCUT2D eigenvalue weighted by atomic mass is 10.2. The van der Waals surface area contributed by atoms with Gasteiger partial charge in [-0.1, -0.05) is 24.8 Å². The summed E-state index contributed by atoms with van der Waals surface area (Å²) in [4.78, 5) is 23.4. The molecular weight excluding hydrogens is 448 g/mol. The minimum atomic E-state index is -0.475. The van der Waals surface area contributed by atoms with Gasteiger partial charge in [0.1, 0.15) is 23.0 Å². The van der Waals surface area contributed by atoms with E-state index >= 15 is 0 Å². The SMILES string of the molecule is C=CC(=O)OCCCCOc1ccc(C(=O)Oc2ccc(OCOc3ccccc3C)cc2)cc1. The van der Waals surface area contributed by atoms with Gasteiger partial charge in [0.25, 0.3) is 0 Å². The fraction of sp³-hybridized carbons (Fsp3) is 0.214. The number of esters is 2. The third-order valence-electron chi connectivity index (χ3n) is 4.88. The van der Waals surface area contributed by atoms with Crippen LogP contribution in [-0.2, 0) is 9.53 Å². The van der Waals surface area contributed by atoms with E-state index in [2.05, 4.69) is 6.58 Å². The van der Waals surface area contributed by atoms with E-state index < -0.39 is 11.9 Å². The summed E-state index contributed by atoms with van der Waals surface area (Å²) < 4.78 is 27.2. The van der Waals surface area contributed by atoms with E-state index in [-0.39, 0.29) is 6.79 Å². The maximum atomic E-state index is 12.4. The molecule has 0 aromatic heterocycles. The molecule has 0 aliphatic rings. The van der Waals surface area contributed by atoms with Crippen LogP contribution in [0.1, 0.15) is 28.8 Å². The van der Waals surface area contributed by atoms with Crippen molar-refractivity contribution in [1.82, 2.24) is 0 Å². The van der Waals surface area contributed by atoms with Gasteiger partial charge in [-0.05, 0) is 79.9 Å². The van der Waals surface area contributed by atoms with Gasteiger partial charge in [-0.25, -0.2) is 9.59 Å². The normalized spacial score (nSPS) is 10.2. The van der Waals surface area contributed by atoms with Crippen LogP contribution in [0.25, 0.3) is 0 Å². The molecule has 0 saturated heterocycles. The molecule has 0 bridgehead atoms. The van der Waals surface area contributed by atoms with Crippen molar-refractivity contribution in [2.45, 2.75) is 19.8 Å². The average molecular weight is 477 g/mol. The van der Waals surface area contributed by atoms with Crippen molar-refractivity contribution in [1.29, 1.82) is 0 Å². The molecule has 0 radical (unpaired) electrons. The lowest BCUT2D eigenvalue weighted by Gasteiger charge is -2.11. The highest BCUT2D eigenvalue weighted by Gasteiger charge is 2.09. The monoisotopic (exact) mass is 476 g/mol. The van der Waals surface area contributed by atoms with Crippen LogP contribution >= 0.6 is 0 Å². The molecule has 0 unspecified atom stereocenters. The van der Waals surface area contributed by atoms with Gasteiger partial charge >= 0.3 is 11.9 Å². The second-order valence-corrected chi connectivity index (χ2v) is 7.48. The van der Waals surface area contributed by atoms with Crippen LogP contribution in [0.4, 0.5) is 0 Å². The highest BCUT2D eigenvalue weighted by Crippen LogP contribution is 2.21. The van der Waals surface area contributed by atoms with Crippen LogP contribution < -0.4 is 18.9 Å². The molecule has 0 aliphatic carbocycles. The van der Waals surface area contributed by atoms with Gasteiger partial charge in [0.05, 0.1) is 18.8 Å². The number of benzene rings is 3. The molecule has 7 heteroatoms. The number of hydrogen-bond donors (Lipinski definition) is 0. The summed E-state index contributed by atoms with van der Waals surface area (Å²) >= 11 is 0. The highest BCUT2D eigenvalue weighted by molar-refractivity contribution is 5.91. The Labute approximate surface area is 204 Å². The Hall–Kier alpha value is -4.26. The molecule has 0 aliphatic heterocycles. The minimum Gasteiger partial charge on any atom is -0.494 e.